The number of hydrogen-bond acceptors (Lipinski definition) is 4. The number of fused-ring (bicyclic) bond motifs is 1. The topological polar surface area (TPSA) is 59.2 Å². The SMILES string of the molecule is Cc1nc2ncoc2cc1O. The predicted octanol–water partition coefficient (Wildman–Crippen LogP) is 1.24. The van der Waals surface area contributed by atoms with E-state index in [0.29, 0.717) is 16.9 Å². The molecule has 2 rings (SSSR count). The van der Waals surface area contributed by atoms with E-state index in [2.05, 4.69) is 9.97 Å². The molecule has 56 valence electrons. The quantitative estimate of drug-likeness (QED) is 0.613. The van der Waals surface area contributed by atoms with Crippen molar-refractivity contribution in [2.45, 2.75) is 6.92 Å². The molecule has 0 spiro atoms. The van der Waals surface area contributed by atoms with Gasteiger partial charge in [0.2, 0.25) is 0 Å². The van der Waals surface area contributed by atoms with Crippen molar-refractivity contribution < 1.29 is 9.52 Å². The van der Waals surface area contributed by atoms with Crippen molar-refractivity contribution >= 4 is 11.2 Å². The van der Waals surface area contributed by atoms with Crippen LogP contribution in [0.3, 0.4) is 0 Å². The molecule has 4 nitrogen and oxygen atoms in total. The number of aromatic hydroxyl groups is 1. The van der Waals surface area contributed by atoms with Crippen molar-refractivity contribution in [1.82, 2.24) is 9.97 Å². The Balaban J connectivity index is 2.86. The van der Waals surface area contributed by atoms with Gasteiger partial charge in [-0.15, -0.1) is 0 Å². The van der Waals surface area contributed by atoms with Crippen LogP contribution in [0.1, 0.15) is 5.69 Å². The van der Waals surface area contributed by atoms with Crippen molar-refractivity contribution in [3.8, 4) is 5.75 Å². The van der Waals surface area contributed by atoms with E-state index in [9.17, 15) is 5.11 Å². The Bertz CT molecular complexity index is 358. The molecule has 2 aromatic rings. The van der Waals surface area contributed by atoms with Crippen LogP contribution in [0.5, 0.6) is 5.75 Å². The van der Waals surface area contributed by atoms with Gasteiger partial charge in [-0.3, -0.25) is 0 Å². The molecule has 0 bridgehead atoms. The molecule has 4 heteroatoms. The van der Waals surface area contributed by atoms with Gasteiger partial charge in [0, 0.05) is 6.07 Å². The second-order valence-electron chi connectivity index (χ2n) is 2.27. The first-order valence-corrected chi connectivity index (χ1v) is 3.17. The first kappa shape index (κ1) is 6.15. The summed E-state index contributed by atoms with van der Waals surface area (Å²) in [6, 6.07) is 1.50. The summed E-state index contributed by atoms with van der Waals surface area (Å²) in [5, 5.41) is 9.19. The fourth-order valence-electron chi connectivity index (χ4n) is 0.877. The highest BCUT2D eigenvalue weighted by Gasteiger charge is 2.03. The average Bonchev–Trinajstić information content (AvgIpc) is 2.36. The molecule has 0 aliphatic carbocycles. The lowest BCUT2D eigenvalue weighted by Gasteiger charge is -1.93. The van der Waals surface area contributed by atoms with Crippen LogP contribution in [0.2, 0.25) is 0 Å². The van der Waals surface area contributed by atoms with Gasteiger partial charge in [0.25, 0.3) is 0 Å². The number of oxazole rings is 1. The molecule has 0 aliphatic heterocycles. The van der Waals surface area contributed by atoms with Crippen LogP contribution in [0.15, 0.2) is 16.9 Å². The zero-order chi connectivity index (χ0) is 7.84. The Labute approximate surface area is 62.5 Å². The van der Waals surface area contributed by atoms with Gasteiger partial charge in [-0.05, 0) is 6.92 Å². The molecule has 0 atom stereocenters. The normalized spacial score (nSPS) is 10.6. The second-order valence-corrected chi connectivity index (χ2v) is 2.27. The first-order valence-electron chi connectivity index (χ1n) is 3.17. The molecule has 0 fully saturated rings. The maximum Gasteiger partial charge on any atom is 0.199 e. The maximum absolute atomic E-state index is 9.19. The summed E-state index contributed by atoms with van der Waals surface area (Å²) in [6.45, 7) is 1.71. The summed E-state index contributed by atoms with van der Waals surface area (Å²) in [5.41, 5.74) is 1.60. The number of aryl methyl sites for hydroxylation is 1. The lowest BCUT2D eigenvalue weighted by Crippen LogP contribution is -1.82. The Morgan fingerprint density at radius 1 is 1.55 bits per heavy atom. The molecule has 0 aliphatic rings. The van der Waals surface area contributed by atoms with E-state index in [0.717, 1.165) is 0 Å². The molecule has 0 radical (unpaired) electrons. The van der Waals surface area contributed by atoms with Crippen LogP contribution in [0.25, 0.3) is 11.2 Å². The summed E-state index contributed by atoms with van der Waals surface area (Å²) in [5.74, 6) is 0.134. The summed E-state index contributed by atoms with van der Waals surface area (Å²) >= 11 is 0. The molecule has 0 amide bonds. The van der Waals surface area contributed by atoms with Gasteiger partial charge in [-0.25, -0.2) is 4.98 Å². The third kappa shape index (κ3) is 0.832. The smallest absolute Gasteiger partial charge is 0.199 e. The first-order chi connectivity index (χ1) is 5.27. The van der Waals surface area contributed by atoms with Crippen LogP contribution in [-0.2, 0) is 0 Å². The molecule has 0 unspecified atom stereocenters. The van der Waals surface area contributed by atoms with Crippen LogP contribution in [-0.4, -0.2) is 15.1 Å². The highest BCUT2D eigenvalue weighted by molar-refractivity contribution is 5.69. The minimum absolute atomic E-state index is 0.134. The number of aromatic nitrogens is 2. The van der Waals surface area contributed by atoms with Crippen molar-refractivity contribution in [3.63, 3.8) is 0 Å². The monoisotopic (exact) mass is 150 g/mol. The highest BCUT2D eigenvalue weighted by Crippen LogP contribution is 2.19. The lowest BCUT2D eigenvalue weighted by molar-refractivity contribution is 0.467. The molecule has 2 heterocycles. The Morgan fingerprint density at radius 2 is 2.36 bits per heavy atom. The Morgan fingerprint density at radius 3 is 3.18 bits per heavy atom. The number of pyridine rings is 1. The van der Waals surface area contributed by atoms with Crippen LogP contribution in [0, 0.1) is 6.92 Å². The predicted molar refractivity (Wildman–Crippen MR) is 38.2 cm³/mol. The molecule has 0 saturated heterocycles. The molecule has 1 N–H and O–H groups in total. The summed E-state index contributed by atoms with van der Waals surface area (Å²) in [7, 11) is 0. The zero-order valence-electron chi connectivity index (χ0n) is 5.90. The number of nitrogens with zero attached hydrogens (tertiary/aromatic N) is 2. The minimum Gasteiger partial charge on any atom is -0.506 e. The third-order valence-electron chi connectivity index (χ3n) is 1.49. The molecular formula is C7H6N2O2. The van der Waals surface area contributed by atoms with Crippen LogP contribution >= 0.6 is 0 Å². The standard InChI is InChI=1S/C7H6N2O2/c1-4-5(10)2-6-7(9-4)8-3-11-6/h2-3,10H,1H3. The largest absolute Gasteiger partial charge is 0.506 e. The van der Waals surface area contributed by atoms with Gasteiger partial charge in [-0.2, -0.15) is 4.98 Å². The number of rotatable bonds is 0. The van der Waals surface area contributed by atoms with Gasteiger partial charge in [0.15, 0.2) is 17.6 Å². The Hall–Kier alpha value is -1.58. The summed E-state index contributed by atoms with van der Waals surface area (Å²) in [6.07, 6.45) is 1.30. The maximum atomic E-state index is 9.19. The van der Waals surface area contributed by atoms with Gasteiger partial charge < -0.3 is 9.52 Å². The fourth-order valence-corrected chi connectivity index (χ4v) is 0.877. The van der Waals surface area contributed by atoms with E-state index in [-0.39, 0.29) is 5.75 Å². The van der Waals surface area contributed by atoms with Crippen molar-refractivity contribution in [3.05, 3.63) is 18.2 Å². The second kappa shape index (κ2) is 1.95. The lowest BCUT2D eigenvalue weighted by atomic mass is 10.3. The molecule has 11 heavy (non-hydrogen) atoms. The van der Waals surface area contributed by atoms with Crippen molar-refractivity contribution in [1.29, 1.82) is 0 Å². The average molecular weight is 150 g/mol. The van der Waals surface area contributed by atoms with Crippen LogP contribution < -0.4 is 0 Å². The van der Waals surface area contributed by atoms with Gasteiger partial charge >= 0.3 is 0 Å². The van der Waals surface area contributed by atoms with E-state index in [1.54, 1.807) is 6.92 Å². The Kier molecular flexibility index (Phi) is 1.09. The number of hydrogen-bond donors (Lipinski definition) is 1. The summed E-state index contributed by atoms with van der Waals surface area (Å²) < 4.78 is 4.92. The molecule has 0 saturated carbocycles. The van der Waals surface area contributed by atoms with Gasteiger partial charge in [0.05, 0.1) is 5.69 Å². The van der Waals surface area contributed by atoms with Crippen molar-refractivity contribution in [2.24, 2.45) is 0 Å². The van der Waals surface area contributed by atoms with E-state index >= 15 is 0 Å². The van der Waals surface area contributed by atoms with E-state index in [4.69, 9.17) is 4.42 Å². The van der Waals surface area contributed by atoms with Crippen LogP contribution in [0.4, 0.5) is 0 Å². The highest BCUT2D eigenvalue weighted by atomic mass is 16.3. The molecule has 0 aromatic carbocycles. The van der Waals surface area contributed by atoms with E-state index < -0.39 is 0 Å². The summed E-state index contributed by atoms with van der Waals surface area (Å²) in [4.78, 5) is 7.81. The molecular weight excluding hydrogens is 144 g/mol. The fraction of sp³-hybridized carbons (Fsp3) is 0.143. The third-order valence-corrected chi connectivity index (χ3v) is 1.49. The van der Waals surface area contributed by atoms with E-state index in [1.165, 1.54) is 12.5 Å². The minimum atomic E-state index is 0.134. The zero-order valence-corrected chi connectivity index (χ0v) is 5.90. The van der Waals surface area contributed by atoms with Gasteiger partial charge in [-0.1, -0.05) is 0 Å². The van der Waals surface area contributed by atoms with Gasteiger partial charge in [0.1, 0.15) is 5.75 Å². The van der Waals surface area contributed by atoms with Crippen molar-refractivity contribution in [2.75, 3.05) is 0 Å². The molecule has 2 aromatic heterocycles. The van der Waals surface area contributed by atoms with E-state index in [1.807, 2.05) is 0 Å².